The maximum absolute atomic E-state index is 12.5. The van der Waals surface area contributed by atoms with Crippen molar-refractivity contribution in [3.05, 3.63) is 28.6 Å². The zero-order valence-electron chi connectivity index (χ0n) is 14.1. The first-order chi connectivity index (χ1) is 11.1. The molecule has 4 aliphatic rings. The Morgan fingerprint density at radius 2 is 2.09 bits per heavy atom. The van der Waals surface area contributed by atoms with Crippen LogP contribution >= 0.6 is 0 Å². The zero-order chi connectivity index (χ0) is 15.8. The van der Waals surface area contributed by atoms with Crippen LogP contribution in [0.5, 0.6) is 0 Å². The van der Waals surface area contributed by atoms with Crippen LogP contribution in [0.3, 0.4) is 0 Å². The molecule has 2 aliphatic carbocycles. The van der Waals surface area contributed by atoms with Crippen LogP contribution in [0.15, 0.2) is 6.07 Å². The summed E-state index contributed by atoms with van der Waals surface area (Å²) in [5.41, 5.74) is 5.11. The summed E-state index contributed by atoms with van der Waals surface area (Å²) in [5.74, 6) is 0.779. The summed E-state index contributed by atoms with van der Waals surface area (Å²) in [6.07, 6.45) is 6.64. The van der Waals surface area contributed by atoms with Gasteiger partial charge in [-0.2, -0.15) is 0 Å². The number of likely N-dealkylation sites (tertiary alicyclic amines) is 1. The molecular weight excluding hydrogens is 286 g/mol. The summed E-state index contributed by atoms with van der Waals surface area (Å²) in [6, 6.07) is 2.42. The highest BCUT2D eigenvalue weighted by Gasteiger charge is 2.48. The average Bonchev–Trinajstić information content (AvgIpc) is 3.43. The predicted molar refractivity (Wildman–Crippen MR) is 88.3 cm³/mol. The van der Waals surface area contributed by atoms with Crippen LogP contribution < -0.4 is 0 Å². The summed E-state index contributed by atoms with van der Waals surface area (Å²) in [4.78, 5) is 22.0. The smallest absolute Gasteiger partial charge is 0.254 e. The van der Waals surface area contributed by atoms with E-state index in [9.17, 15) is 4.79 Å². The molecule has 1 amide bonds. The fourth-order valence-corrected chi connectivity index (χ4v) is 4.46. The molecule has 3 heterocycles. The first-order valence-corrected chi connectivity index (χ1v) is 9.10. The quantitative estimate of drug-likeness (QED) is 0.860. The molecule has 2 aliphatic heterocycles. The number of fused-ring (bicyclic) bond motifs is 1. The molecule has 1 spiro atoms. The Balaban J connectivity index is 1.51. The van der Waals surface area contributed by atoms with Gasteiger partial charge in [-0.25, -0.2) is 0 Å². The van der Waals surface area contributed by atoms with Crippen LogP contribution in [0, 0.1) is 5.41 Å². The van der Waals surface area contributed by atoms with Gasteiger partial charge < -0.3 is 4.90 Å². The number of hydrogen-bond acceptors (Lipinski definition) is 3. The fraction of sp³-hybridized carbons (Fsp3) is 0.684. The Bertz CT molecular complexity index is 690. The minimum absolute atomic E-state index is 0.179. The van der Waals surface area contributed by atoms with Crippen LogP contribution in [-0.4, -0.2) is 40.8 Å². The summed E-state index contributed by atoms with van der Waals surface area (Å²) in [5, 5.41) is 0. The van der Waals surface area contributed by atoms with E-state index in [1.54, 1.807) is 0 Å². The van der Waals surface area contributed by atoms with E-state index in [0.29, 0.717) is 17.4 Å². The number of hydrogen-bond donors (Lipinski definition) is 0. The molecule has 122 valence electrons. The van der Waals surface area contributed by atoms with Crippen molar-refractivity contribution in [2.45, 2.75) is 57.5 Å². The van der Waals surface area contributed by atoms with E-state index >= 15 is 0 Å². The lowest BCUT2D eigenvalue weighted by Crippen LogP contribution is -2.26. The van der Waals surface area contributed by atoms with Crippen molar-refractivity contribution in [2.24, 2.45) is 5.41 Å². The molecule has 1 unspecified atom stereocenters. The van der Waals surface area contributed by atoms with Crippen LogP contribution in [0.25, 0.3) is 0 Å². The molecule has 3 fully saturated rings. The highest BCUT2D eigenvalue weighted by molar-refractivity contribution is 5.98. The normalized spacial score (nSPS) is 26.9. The molecule has 0 N–H and O–H groups in total. The molecule has 1 atom stereocenters. The van der Waals surface area contributed by atoms with E-state index in [0.717, 1.165) is 17.8 Å². The molecule has 2 saturated carbocycles. The number of nitrogens with zero attached hydrogens (tertiary/aromatic N) is 3. The first kappa shape index (κ1) is 14.0. The molecule has 0 aromatic carbocycles. The largest absolute Gasteiger partial charge is 0.337 e. The fourth-order valence-electron chi connectivity index (χ4n) is 4.46. The number of carbonyl (C=O) groups is 1. The summed E-state index contributed by atoms with van der Waals surface area (Å²) in [6.45, 7) is 5.43. The zero-order valence-corrected chi connectivity index (χ0v) is 14.1. The molecule has 1 saturated heterocycles. The molecular formula is C19H25N3O. The van der Waals surface area contributed by atoms with Gasteiger partial charge in [-0.15, -0.1) is 0 Å². The van der Waals surface area contributed by atoms with Crippen LogP contribution in [0.2, 0.25) is 0 Å². The lowest BCUT2D eigenvalue weighted by molar-refractivity contribution is 0.0816. The predicted octanol–water partition coefficient (Wildman–Crippen LogP) is 3.09. The SMILES string of the molecule is CC(c1cc2c(c(C3CC3)n1)CN(C)C2=O)N1CCC2(CC2)C1. The Morgan fingerprint density at radius 1 is 1.30 bits per heavy atom. The number of carbonyl (C=O) groups excluding carboxylic acids is 1. The summed E-state index contributed by atoms with van der Waals surface area (Å²) in [7, 11) is 1.90. The van der Waals surface area contributed by atoms with Crippen molar-refractivity contribution >= 4 is 5.91 Å². The summed E-state index contributed by atoms with van der Waals surface area (Å²) < 4.78 is 0. The monoisotopic (exact) mass is 311 g/mol. The van der Waals surface area contributed by atoms with Crippen molar-refractivity contribution in [1.29, 1.82) is 0 Å². The van der Waals surface area contributed by atoms with Gasteiger partial charge in [0.1, 0.15) is 0 Å². The second kappa shape index (κ2) is 4.56. The maximum Gasteiger partial charge on any atom is 0.254 e. The van der Waals surface area contributed by atoms with Crippen molar-refractivity contribution in [2.75, 3.05) is 20.1 Å². The van der Waals surface area contributed by atoms with Crippen molar-refractivity contribution in [1.82, 2.24) is 14.8 Å². The number of pyridine rings is 1. The van der Waals surface area contributed by atoms with E-state index in [-0.39, 0.29) is 5.91 Å². The first-order valence-electron chi connectivity index (χ1n) is 9.10. The molecule has 4 heteroatoms. The van der Waals surface area contributed by atoms with Crippen LogP contribution in [0.4, 0.5) is 0 Å². The van der Waals surface area contributed by atoms with Gasteiger partial charge in [0.2, 0.25) is 0 Å². The molecule has 1 aromatic heterocycles. The van der Waals surface area contributed by atoms with Gasteiger partial charge in [0.05, 0.1) is 5.69 Å². The topological polar surface area (TPSA) is 36.4 Å². The van der Waals surface area contributed by atoms with Gasteiger partial charge in [0.25, 0.3) is 5.91 Å². The Labute approximate surface area is 137 Å². The van der Waals surface area contributed by atoms with Crippen LogP contribution in [0.1, 0.15) is 78.3 Å². The maximum atomic E-state index is 12.5. The third kappa shape index (κ3) is 2.14. The standard InChI is InChI=1S/C19H25N3O/c1-12(22-8-7-19(11-22)5-6-19)16-9-14-15(10-21(2)18(14)23)17(20-16)13-3-4-13/h9,12-13H,3-8,10-11H2,1-2H3. The van der Waals surface area contributed by atoms with E-state index in [4.69, 9.17) is 4.98 Å². The number of amides is 1. The minimum atomic E-state index is 0.179. The lowest BCUT2D eigenvalue weighted by atomic mass is 10.0. The highest BCUT2D eigenvalue weighted by atomic mass is 16.2. The Kier molecular flexibility index (Phi) is 2.77. The second-order valence-electron chi connectivity index (χ2n) is 8.29. The van der Waals surface area contributed by atoms with Gasteiger partial charge >= 0.3 is 0 Å². The molecule has 0 bridgehead atoms. The van der Waals surface area contributed by atoms with Crippen LogP contribution in [-0.2, 0) is 6.54 Å². The van der Waals surface area contributed by atoms with Crippen molar-refractivity contribution < 1.29 is 4.79 Å². The molecule has 1 aromatic rings. The number of rotatable bonds is 3. The van der Waals surface area contributed by atoms with Gasteiger partial charge in [-0.3, -0.25) is 14.7 Å². The summed E-state index contributed by atoms with van der Waals surface area (Å²) >= 11 is 0. The van der Waals surface area contributed by atoms with E-state index in [1.807, 2.05) is 11.9 Å². The second-order valence-corrected chi connectivity index (χ2v) is 8.29. The van der Waals surface area contributed by atoms with E-state index in [1.165, 1.54) is 56.5 Å². The third-order valence-corrected chi connectivity index (χ3v) is 6.51. The van der Waals surface area contributed by atoms with E-state index in [2.05, 4.69) is 17.9 Å². The minimum Gasteiger partial charge on any atom is -0.337 e. The third-order valence-electron chi connectivity index (χ3n) is 6.51. The van der Waals surface area contributed by atoms with Gasteiger partial charge in [-0.1, -0.05) is 0 Å². The highest BCUT2D eigenvalue weighted by Crippen LogP contribution is 2.54. The Hall–Kier alpha value is -1.42. The average molecular weight is 311 g/mol. The Morgan fingerprint density at radius 3 is 2.74 bits per heavy atom. The van der Waals surface area contributed by atoms with Crippen molar-refractivity contribution in [3.63, 3.8) is 0 Å². The van der Waals surface area contributed by atoms with E-state index < -0.39 is 0 Å². The molecule has 4 nitrogen and oxygen atoms in total. The molecule has 0 radical (unpaired) electrons. The van der Waals surface area contributed by atoms with Crippen molar-refractivity contribution in [3.8, 4) is 0 Å². The molecule has 5 rings (SSSR count). The van der Waals surface area contributed by atoms with Gasteiger partial charge in [-0.05, 0) is 57.1 Å². The molecule has 23 heavy (non-hydrogen) atoms. The van der Waals surface area contributed by atoms with Gasteiger partial charge in [0.15, 0.2) is 0 Å². The lowest BCUT2D eigenvalue weighted by Gasteiger charge is -2.25. The number of aromatic nitrogens is 1. The van der Waals surface area contributed by atoms with Gasteiger partial charge in [0, 0.05) is 48.9 Å².